The van der Waals surface area contributed by atoms with Crippen LogP contribution < -0.4 is 4.57 Å². The van der Waals surface area contributed by atoms with E-state index in [-0.39, 0.29) is 20.1 Å². The summed E-state index contributed by atoms with van der Waals surface area (Å²) in [5.74, 6) is 2.40. The fraction of sp³-hybridized carbons (Fsp3) is 0.103. The summed E-state index contributed by atoms with van der Waals surface area (Å²) in [6.07, 6.45) is 1.79. The van der Waals surface area contributed by atoms with Crippen LogP contribution in [0.15, 0.2) is 91.1 Å². The van der Waals surface area contributed by atoms with E-state index in [9.17, 15) is 0 Å². The van der Waals surface area contributed by atoms with Gasteiger partial charge in [0.05, 0.1) is 18.2 Å². The quantitative estimate of drug-likeness (QED) is 0.189. The van der Waals surface area contributed by atoms with Crippen LogP contribution in [0.2, 0.25) is 0 Å². The van der Waals surface area contributed by atoms with Gasteiger partial charge >= 0.3 is 5.82 Å². The molecule has 0 aliphatic heterocycles. The molecule has 1 radical (unpaired) electrons. The zero-order valence-corrected chi connectivity index (χ0v) is 21.7. The Kier molecular flexibility index (Phi) is 7.06. The first-order valence-electron chi connectivity index (χ1n) is 10.9. The predicted octanol–water partition coefficient (Wildman–Crippen LogP) is 5.78. The van der Waals surface area contributed by atoms with Gasteiger partial charge in [0.25, 0.3) is 5.82 Å². The summed E-state index contributed by atoms with van der Waals surface area (Å²) in [4.78, 5) is 14.3. The van der Waals surface area contributed by atoms with E-state index < -0.39 is 0 Å². The maximum Gasteiger partial charge on any atom is 0.307 e. The minimum absolute atomic E-state index is 0. The van der Waals surface area contributed by atoms with Gasteiger partial charge in [0.15, 0.2) is 0 Å². The van der Waals surface area contributed by atoms with Crippen molar-refractivity contribution < 1.29 is 24.7 Å². The molecule has 3 aromatic carbocycles. The van der Waals surface area contributed by atoms with Crippen molar-refractivity contribution in [1.82, 2.24) is 15.0 Å². The number of aromatic nitrogens is 4. The Hall–Kier alpha value is -3.53. The smallest absolute Gasteiger partial charge is 0.305 e. The fourth-order valence-electron chi connectivity index (χ4n) is 3.77. The summed E-state index contributed by atoms with van der Waals surface area (Å²) in [5.41, 5.74) is 7.29. The van der Waals surface area contributed by atoms with Crippen LogP contribution in [0.5, 0.6) is 0 Å². The van der Waals surface area contributed by atoms with Crippen LogP contribution in [0.4, 0.5) is 0 Å². The summed E-state index contributed by atoms with van der Waals surface area (Å²) in [6, 6.07) is 32.1. The first kappa shape index (κ1) is 23.6. The molecule has 0 N–H and O–H groups in total. The van der Waals surface area contributed by atoms with Crippen molar-refractivity contribution in [3.05, 3.63) is 108 Å². The molecule has 0 atom stereocenters. The van der Waals surface area contributed by atoms with Gasteiger partial charge in [-0.1, -0.05) is 57.5 Å². The number of pyridine rings is 1. The third kappa shape index (κ3) is 4.86. The van der Waals surface area contributed by atoms with Crippen molar-refractivity contribution >= 4 is 0 Å². The molecule has 0 fully saturated rings. The van der Waals surface area contributed by atoms with E-state index in [4.69, 9.17) is 9.97 Å². The van der Waals surface area contributed by atoms with Gasteiger partial charge in [-0.25, -0.2) is 4.57 Å². The molecule has 2 heterocycles. The van der Waals surface area contributed by atoms with Crippen LogP contribution >= 0.6 is 0 Å². The summed E-state index contributed by atoms with van der Waals surface area (Å²) < 4.78 is 2.05. The Morgan fingerprint density at radius 2 is 1.26 bits per heavy atom. The molecule has 0 aliphatic rings. The van der Waals surface area contributed by atoms with Crippen molar-refractivity contribution in [2.75, 3.05) is 0 Å². The van der Waals surface area contributed by atoms with Gasteiger partial charge in [-0.15, -0.1) is 29.8 Å². The minimum Gasteiger partial charge on any atom is -0.305 e. The Bertz CT molecular complexity index is 1400. The van der Waals surface area contributed by atoms with E-state index in [1.54, 1.807) is 6.20 Å². The largest absolute Gasteiger partial charge is 0.307 e. The van der Waals surface area contributed by atoms with Crippen LogP contribution in [0.3, 0.4) is 0 Å². The SMILES string of the molecule is Cc1ccc(-c2nc(-c3c[c-]c(-c4ccccn4)cc3)[n+](C)c(-c3ccc(C)cc3)n2)cc1.[Ir]. The first-order chi connectivity index (χ1) is 16.1. The maximum absolute atomic E-state index is 4.96. The zero-order chi connectivity index (χ0) is 22.8. The summed E-state index contributed by atoms with van der Waals surface area (Å²) in [5, 5.41) is 0. The molecular weight excluding hydrogens is 597 g/mol. The fourth-order valence-corrected chi connectivity index (χ4v) is 3.77. The standard InChI is InChI=1S/C29H24N4.Ir/c1-20-7-11-23(12-8-20)27-31-28(24-13-9-21(2)10-14-24)33(3)29(32-27)25-17-15-22(16-18-25)26-6-4-5-19-30-26;/h4-15,17-19H,1-3H3;. The summed E-state index contributed by atoms with van der Waals surface area (Å²) >= 11 is 0. The van der Waals surface area contributed by atoms with Gasteiger partial charge in [0, 0.05) is 26.3 Å². The molecule has 5 aromatic rings. The van der Waals surface area contributed by atoms with Gasteiger partial charge in [-0.2, -0.15) is 0 Å². The number of aryl methyl sites for hydroxylation is 2. The molecule has 0 spiro atoms. The Balaban J connectivity index is 0.00000274. The molecule has 34 heavy (non-hydrogen) atoms. The van der Waals surface area contributed by atoms with Gasteiger partial charge < -0.3 is 4.98 Å². The molecule has 0 unspecified atom stereocenters. The molecule has 5 heteroatoms. The van der Waals surface area contributed by atoms with E-state index in [0.29, 0.717) is 5.82 Å². The number of benzene rings is 3. The second-order valence-electron chi connectivity index (χ2n) is 8.19. The number of rotatable bonds is 4. The van der Waals surface area contributed by atoms with Gasteiger partial charge in [0.2, 0.25) is 5.82 Å². The van der Waals surface area contributed by atoms with Crippen molar-refractivity contribution in [3.8, 4) is 45.4 Å². The van der Waals surface area contributed by atoms with Crippen molar-refractivity contribution in [2.24, 2.45) is 7.05 Å². The van der Waals surface area contributed by atoms with Crippen LogP contribution in [-0.4, -0.2) is 15.0 Å². The normalized spacial score (nSPS) is 10.6. The second kappa shape index (κ2) is 10.2. The minimum atomic E-state index is 0. The molecular formula is C29H24IrN4. The summed E-state index contributed by atoms with van der Waals surface area (Å²) in [6.45, 7) is 4.17. The topological polar surface area (TPSA) is 42.5 Å². The molecule has 0 amide bonds. The molecule has 169 valence electrons. The van der Waals surface area contributed by atoms with Crippen LogP contribution in [0.1, 0.15) is 11.1 Å². The van der Waals surface area contributed by atoms with Gasteiger partial charge in [-0.3, -0.25) is 0 Å². The van der Waals surface area contributed by atoms with Crippen molar-refractivity contribution in [2.45, 2.75) is 13.8 Å². The molecule has 4 nitrogen and oxygen atoms in total. The number of hydrogen-bond donors (Lipinski definition) is 0. The molecule has 5 rings (SSSR count). The average molecular weight is 621 g/mol. The molecule has 0 aliphatic carbocycles. The Labute approximate surface area is 213 Å². The van der Waals surface area contributed by atoms with Crippen LogP contribution in [0.25, 0.3) is 45.4 Å². The van der Waals surface area contributed by atoms with E-state index in [1.807, 2.05) is 41.9 Å². The molecule has 0 bridgehead atoms. The summed E-state index contributed by atoms with van der Waals surface area (Å²) in [7, 11) is 2.01. The van der Waals surface area contributed by atoms with E-state index in [0.717, 1.165) is 39.6 Å². The number of hydrogen-bond acceptors (Lipinski definition) is 3. The maximum atomic E-state index is 4.96. The molecule has 0 saturated heterocycles. The van der Waals surface area contributed by atoms with E-state index in [1.165, 1.54) is 11.1 Å². The van der Waals surface area contributed by atoms with Crippen molar-refractivity contribution in [3.63, 3.8) is 0 Å². The average Bonchev–Trinajstić information content (AvgIpc) is 2.86. The van der Waals surface area contributed by atoms with E-state index in [2.05, 4.69) is 79.5 Å². The predicted molar refractivity (Wildman–Crippen MR) is 131 cm³/mol. The van der Waals surface area contributed by atoms with E-state index >= 15 is 0 Å². The zero-order valence-electron chi connectivity index (χ0n) is 19.3. The molecule has 2 aromatic heterocycles. The third-order valence-electron chi connectivity index (χ3n) is 5.69. The molecule has 0 saturated carbocycles. The van der Waals surface area contributed by atoms with Gasteiger partial charge in [-0.05, 0) is 55.4 Å². The number of nitrogens with zero attached hydrogens (tertiary/aromatic N) is 4. The third-order valence-corrected chi connectivity index (χ3v) is 5.69. The van der Waals surface area contributed by atoms with Gasteiger partial charge in [0.1, 0.15) is 0 Å². The second-order valence-corrected chi connectivity index (χ2v) is 8.19. The van der Waals surface area contributed by atoms with Crippen LogP contribution in [-0.2, 0) is 27.2 Å². The van der Waals surface area contributed by atoms with Crippen molar-refractivity contribution in [1.29, 1.82) is 0 Å². The Morgan fingerprint density at radius 3 is 1.82 bits per heavy atom. The monoisotopic (exact) mass is 621 g/mol. The van der Waals surface area contributed by atoms with Crippen LogP contribution in [0, 0.1) is 19.9 Å². The first-order valence-corrected chi connectivity index (χ1v) is 10.9. The Morgan fingerprint density at radius 1 is 0.676 bits per heavy atom.